The van der Waals surface area contributed by atoms with Crippen molar-refractivity contribution in [1.29, 1.82) is 0 Å². The van der Waals surface area contributed by atoms with E-state index in [1.807, 2.05) is 36.9 Å². The Hall–Kier alpha value is -1.39. The number of rotatable bonds is 4. The molecule has 1 fully saturated rings. The van der Waals surface area contributed by atoms with Gasteiger partial charge < -0.3 is 15.4 Å². The van der Waals surface area contributed by atoms with Gasteiger partial charge >= 0.3 is 0 Å². The van der Waals surface area contributed by atoms with Crippen LogP contribution >= 0.6 is 0 Å². The van der Waals surface area contributed by atoms with E-state index in [0.717, 1.165) is 6.42 Å². The molecule has 1 amide bonds. The lowest BCUT2D eigenvalue weighted by atomic mass is 10.0. The smallest absolute Gasteiger partial charge is 0.239 e. The first-order valence-corrected chi connectivity index (χ1v) is 7.20. The normalized spacial score (nSPS) is 19.6. The number of aryl methyl sites for hydroxylation is 1. The summed E-state index contributed by atoms with van der Waals surface area (Å²) in [6.07, 6.45) is 1.52. The summed E-state index contributed by atoms with van der Waals surface area (Å²) in [5, 5.41) is 0. The van der Waals surface area contributed by atoms with E-state index in [1.54, 1.807) is 0 Å². The van der Waals surface area contributed by atoms with Gasteiger partial charge in [-0.1, -0.05) is 30.3 Å². The molecular weight excluding hydrogens is 252 g/mol. The van der Waals surface area contributed by atoms with Crippen LogP contribution in [0.4, 0.5) is 0 Å². The molecule has 1 aromatic carbocycles. The Bertz CT molecular complexity index is 445. The molecule has 0 aromatic heterocycles. The van der Waals surface area contributed by atoms with Crippen LogP contribution < -0.4 is 5.73 Å². The SMILES string of the molecule is CC1(C)CN(C(=O)[C@@H](N)CCc2ccccc2)CCO1. The summed E-state index contributed by atoms with van der Waals surface area (Å²) in [5.41, 5.74) is 7.00. The third-order valence-corrected chi connectivity index (χ3v) is 3.64. The number of ether oxygens (including phenoxy) is 1. The van der Waals surface area contributed by atoms with Crippen LogP contribution in [0.25, 0.3) is 0 Å². The summed E-state index contributed by atoms with van der Waals surface area (Å²) in [4.78, 5) is 14.2. The number of nitrogens with zero attached hydrogens (tertiary/aromatic N) is 1. The highest BCUT2D eigenvalue weighted by Gasteiger charge is 2.31. The van der Waals surface area contributed by atoms with Gasteiger partial charge in [-0.05, 0) is 32.3 Å². The molecule has 2 rings (SSSR count). The molecule has 0 unspecified atom stereocenters. The van der Waals surface area contributed by atoms with Crippen molar-refractivity contribution >= 4 is 5.91 Å². The summed E-state index contributed by atoms with van der Waals surface area (Å²) in [7, 11) is 0. The van der Waals surface area contributed by atoms with E-state index < -0.39 is 6.04 Å². The van der Waals surface area contributed by atoms with Gasteiger partial charge in [-0.15, -0.1) is 0 Å². The van der Waals surface area contributed by atoms with Crippen molar-refractivity contribution in [2.24, 2.45) is 5.73 Å². The van der Waals surface area contributed by atoms with Crippen molar-refractivity contribution < 1.29 is 9.53 Å². The zero-order valence-electron chi connectivity index (χ0n) is 12.3. The Labute approximate surface area is 120 Å². The molecule has 1 aromatic rings. The maximum absolute atomic E-state index is 12.4. The van der Waals surface area contributed by atoms with Gasteiger partial charge in [0.2, 0.25) is 5.91 Å². The van der Waals surface area contributed by atoms with Crippen LogP contribution in [0.1, 0.15) is 25.8 Å². The second kappa shape index (κ2) is 6.37. The lowest BCUT2D eigenvalue weighted by Crippen LogP contribution is -2.54. The predicted molar refractivity (Wildman–Crippen MR) is 79.3 cm³/mol. The molecule has 1 heterocycles. The third kappa shape index (κ3) is 4.05. The monoisotopic (exact) mass is 276 g/mol. The molecule has 0 spiro atoms. The highest BCUT2D eigenvalue weighted by atomic mass is 16.5. The molecule has 110 valence electrons. The number of hydrogen-bond acceptors (Lipinski definition) is 3. The average Bonchev–Trinajstić information content (AvgIpc) is 2.44. The minimum Gasteiger partial charge on any atom is -0.372 e. The van der Waals surface area contributed by atoms with Crippen molar-refractivity contribution in [3.63, 3.8) is 0 Å². The number of morpholine rings is 1. The van der Waals surface area contributed by atoms with Crippen molar-refractivity contribution in [2.75, 3.05) is 19.7 Å². The maximum atomic E-state index is 12.4. The molecule has 0 aliphatic carbocycles. The second-order valence-corrected chi connectivity index (χ2v) is 6.00. The maximum Gasteiger partial charge on any atom is 0.239 e. The molecule has 1 saturated heterocycles. The van der Waals surface area contributed by atoms with Crippen molar-refractivity contribution in [2.45, 2.75) is 38.3 Å². The summed E-state index contributed by atoms with van der Waals surface area (Å²) in [6, 6.07) is 9.71. The van der Waals surface area contributed by atoms with E-state index in [0.29, 0.717) is 26.1 Å². The number of carbonyl (C=O) groups is 1. The van der Waals surface area contributed by atoms with Crippen LogP contribution in [-0.4, -0.2) is 42.1 Å². The quantitative estimate of drug-likeness (QED) is 0.908. The third-order valence-electron chi connectivity index (χ3n) is 3.64. The largest absolute Gasteiger partial charge is 0.372 e. The van der Waals surface area contributed by atoms with Gasteiger partial charge in [0.15, 0.2) is 0 Å². The molecule has 2 N–H and O–H groups in total. The molecule has 1 aliphatic heterocycles. The van der Waals surface area contributed by atoms with Crippen LogP contribution in [0, 0.1) is 0 Å². The van der Waals surface area contributed by atoms with E-state index in [4.69, 9.17) is 10.5 Å². The Morgan fingerprint density at radius 1 is 1.40 bits per heavy atom. The summed E-state index contributed by atoms with van der Waals surface area (Å²) in [5.74, 6) is 0.0392. The lowest BCUT2D eigenvalue weighted by molar-refractivity contribution is -0.147. The van der Waals surface area contributed by atoms with Gasteiger partial charge in [0.1, 0.15) is 0 Å². The minimum absolute atomic E-state index is 0.0392. The number of amides is 1. The summed E-state index contributed by atoms with van der Waals surface area (Å²) >= 11 is 0. The van der Waals surface area contributed by atoms with Crippen LogP contribution in [0.3, 0.4) is 0 Å². The fraction of sp³-hybridized carbons (Fsp3) is 0.562. The standard InChI is InChI=1S/C16H24N2O2/c1-16(2)12-18(10-11-20-16)15(19)14(17)9-8-13-6-4-3-5-7-13/h3-7,14H,8-12,17H2,1-2H3/t14-/m0/s1. The van der Waals surface area contributed by atoms with Gasteiger partial charge in [0.25, 0.3) is 0 Å². The van der Waals surface area contributed by atoms with E-state index in [1.165, 1.54) is 5.56 Å². The predicted octanol–water partition coefficient (Wildman–Crippen LogP) is 1.58. The molecule has 1 aliphatic rings. The van der Waals surface area contributed by atoms with E-state index in [9.17, 15) is 4.79 Å². The Morgan fingerprint density at radius 2 is 2.10 bits per heavy atom. The second-order valence-electron chi connectivity index (χ2n) is 6.00. The molecule has 20 heavy (non-hydrogen) atoms. The van der Waals surface area contributed by atoms with E-state index in [2.05, 4.69) is 12.1 Å². The minimum atomic E-state index is -0.427. The number of hydrogen-bond donors (Lipinski definition) is 1. The van der Waals surface area contributed by atoms with Crippen molar-refractivity contribution in [1.82, 2.24) is 4.90 Å². The zero-order valence-corrected chi connectivity index (χ0v) is 12.3. The average molecular weight is 276 g/mol. The molecule has 4 nitrogen and oxygen atoms in total. The molecule has 0 saturated carbocycles. The van der Waals surface area contributed by atoms with E-state index >= 15 is 0 Å². The molecule has 4 heteroatoms. The van der Waals surface area contributed by atoms with Crippen LogP contribution in [0.5, 0.6) is 0 Å². The summed E-state index contributed by atoms with van der Waals surface area (Å²) < 4.78 is 5.62. The fourth-order valence-electron chi connectivity index (χ4n) is 2.53. The zero-order chi connectivity index (χ0) is 14.6. The van der Waals surface area contributed by atoms with Crippen molar-refractivity contribution in [3.8, 4) is 0 Å². The van der Waals surface area contributed by atoms with Crippen LogP contribution in [-0.2, 0) is 16.0 Å². The lowest BCUT2D eigenvalue weighted by Gasteiger charge is -2.39. The van der Waals surface area contributed by atoms with Crippen LogP contribution in [0.15, 0.2) is 30.3 Å². The fourth-order valence-corrected chi connectivity index (χ4v) is 2.53. The summed E-state index contributed by atoms with van der Waals surface area (Å²) in [6.45, 7) is 5.85. The first-order valence-electron chi connectivity index (χ1n) is 7.20. The Morgan fingerprint density at radius 3 is 2.75 bits per heavy atom. The van der Waals surface area contributed by atoms with Gasteiger partial charge in [-0.25, -0.2) is 0 Å². The number of benzene rings is 1. The van der Waals surface area contributed by atoms with Crippen molar-refractivity contribution in [3.05, 3.63) is 35.9 Å². The first-order chi connectivity index (χ1) is 9.48. The number of carbonyl (C=O) groups excluding carboxylic acids is 1. The highest BCUT2D eigenvalue weighted by molar-refractivity contribution is 5.81. The molecule has 0 bridgehead atoms. The molecule has 1 atom stereocenters. The number of nitrogens with two attached hydrogens (primary N) is 1. The Balaban J connectivity index is 1.85. The van der Waals surface area contributed by atoms with Gasteiger partial charge in [-0.3, -0.25) is 4.79 Å². The highest BCUT2D eigenvalue weighted by Crippen LogP contribution is 2.17. The topological polar surface area (TPSA) is 55.6 Å². The van der Waals surface area contributed by atoms with Gasteiger partial charge in [0, 0.05) is 13.1 Å². The Kier molecular flexibility index (Phi) is 4.78. The molecule has 0 radical (unpaired) electrons. The van der Waals surface area contributed by atoms with E-state index in [-0.39, 0.29) is 11.5 Å². The molecular formula is C16H24N2O2. The van der Waals surface area contributed by atoms with Crippen LogP contribution in [0.2, 0.25) is 0 Å². The first kappa shape index (κ1) is 15.0. The van der Waals surface area contributed by atoms with Gasteiger partial charge in [-0.2, -0.15) is 0 Å². The van der Waals surface area contributed by atoms with Gasteiger partial charge in [0.05, 0.1) is 18.2 Å².